The van der Waals surface area contributed by atoms with E-state index < -0.39 is 15.9 Å². The van der Waals surface area contributed by atoms with Crippen LogP contribution >= 0.6 is 11.6 Å². The monoisotopic (exact) mass is 550 g/mol. The average molecular weight is 551 g/mol. The Bertz CT molecular complexity index is 1490. The van der Waals surface area contributed by atoms with Crippen molar-refractivity contribution in [3.8, 4) is 11.8 Å². The zero-order valence-electron chi connectivity index (χ0n) is 20.8. The lowest BCUT2D eigenvalue weighted by Gasteiger charge is -2.30. The molecule has 38 heavy (non-hydrogen) atoms. The summed E-state index contributed by atoms with van der Waals surface area (Å²) in [6, 6.07) is 20.1. The number of nitrogens with one attached hydrogen (secondary N) is 2. The van der Waals surface area contributed by atoms with Crippen LogP contribution in [-0.4, -0.2) is 34.5 Å². The molecule has 10 heteroatoms. The number of rotatable bonds is 8. The van der Waals surface area contributed by atoms with E-state index in [4.69, 9.17) is 16.3 Å². The molecule has 0 spiro atoms. The molecule has 2 N–H and O–H groups in total. The topological polar surface area (TPSA) is 112 Å². The Hall–Kier alpha value is -4.00. The molecule has 3 aromatic carbocycles. The number of methoxy groups -OCH3 is 1. The van der Waals surface area contributed by atoms with E-state index in [1.807, 2.05) is 11.0 Å². The summed E-state index contributed by atoms with van der Waals surface area (Å²) in [5, 5.41) is 12.5. The van der Waals surface area contributed by atoms with Crippen molar-refractivity contribution in [3.05, 3.63) is 82.9 Å². The summed E-state index contributed by atoms with van der Waals surface area (Å²) in [4.78, 5) is 15.0. The second kappa shape index (κ2) is 12.0. The first-order valence-corrected chi connectivity index (χ1v) is 13.9. The number of nitrogens with zero attached hydrogens (tertiary/aromatic N) is 2. The zero-order chi connectivity index (χ0) is 27.1. The van der Waals surface area contributed by atoms with Crippen molar-refractivity contribution in [2.75, 3.05) is 35.1 Å². The Morgan fingerprint density at radius 2 is 1.76 bits per heavy atom. The molecule has 0 aromatic heterocycles. The van der Waals surface area contributed by atoms with Crippen molar-refractivity contribution >= 4 is 50.7 Å². The number of ether oxygens (including phenoxy) is 1. The summed E-state index contributed by atoms with van der Waals surface area (Å²) in [6.07, 6.45) is 4.45. The van der Waals surface area contributed by atoms with Crippen LogP contribution in [0.25, 0.3) is 6.08 Å². The van der Waals surface area contributed by atoms with Crippen LogP contribution in [0.3, 0.4) is 0 Å². The molecule has 1 aliphatic rings. The number of carbonyl (C=O) groups excluding carboxylic acids is 1. The average Bonchev–Trinajstić information content (AvgIpc) is 2.93. The van der Waals surface area contributed by atoms with Crippen LogP contribution in [0.4, 0.5) is 17.1 Å². The summed E-state index contributed by atoms with van der Waals surface area (Å²) in [5.74, 6) is -0.00510. The number of sulfonamides is 1. The molecular weight excluding hydrogens is 524 g/mol. The Kier molecular flexibility index (Phi) is 8.56. The van der Waals surface area contributed by atoms with E-state index in [9.17, 15) is 18.5 Å². The molecule has 1 fully saturated rings. The molecule has 0 saturated carbocycles. The Morgan fingerprint density at radius 1 is 1.05 bits per heavy atom. The fourth-order valence-electron chi connectivity index (χ4n) is 4.16. The smallest absolute Gasteiger partial charge is 0.266 e. The van der Waals surface area contributed by atoms with Gasteiger partial charge in [-0.3, -0.25) is 9.52 Å². The number of halogens is 1. The predicted molar refractivity (Wildman–Crippen MR) is 150 cm³/mol. The van der Waals surface area contributed by atoms with E-state index in [0.717, 1.165) is 32.4 Å². The molecule has 1 heterocycles. The Morgan fingerprint density at radius 3 is 2.42 bits per heavy atom. The van der Waals surface area contributed by atoms with Gasteiger partial charge in [0.15, 0.2) is 0 Å². The Labute approximate surface area is 227 Å². The van der Waals surface area contributed by atoms with E-state index >= 15 is 0 Å². The molecule has 0 unspecified atom stereocenters. The van der Waals surface area contributed by atoms with Gasteiger partial charge in [-0.2, -0.15) is 5.26 Å². The molecule has 196 valence electrons. The van der Waals surface area contributed by atoms with Gasteiger partial charge in [-0.1, -0.05) is 35.9 Å². The van der Waals surface area contributed by atoms with E-state index in [1.165, 1.54) is 12.1 Å². The van der Waals surface area contributed by atoms with Gasteiger partial charge in [0.2, 0.25) is 0 Å². The molecule has 0 atom stereocenters. The van der Waals surface area contributed by atoms with Gasteiger partial charge in [0.1, 0.15) is 22.3 Å². The van der Waals surface area contributed by atoms with E-state index in [1.54, 1.807) is 67.8 Å². The fourth-order valence-corrected chi connectivity index (χ4v) is 5.73. The molecule has 3 aromatic rings. The molecule has 8 nitrogen and oxygen atoms in total. The highest BCUT2D eigenvalue weighted by atomic mass is 35.5. The van der Waals surface area contributed by atoms with Crippen LogP contribution < -0.4 is 19.7 Å². The third kappa shape index (κ3) is 6.46. The molecule has 0 radical (unpaired) electrons. The number of amides is 1. The van der Waals surface area contributed by atoms with E-state index in [2.05, 4.69) is 10.0 Å². The van der Waals surface area contributed by atoms with Crippen molar-refractivity contribution < 1.29 is 17.9 Å². The lowest BCUT2D eigenvalue weighted by Crippen LogP contribution is -2.31. The standard InChI is InChI=1S/C28H27ClN4O4S/c1-37-23-12-9-20(10-13-23)17-21(19-30)28(34)31-22-11-14-26(33-15-5-2-6-16-33)27(18-22)38(35,36)32-25-8-4-3-7-24(25)29/h3-4,7-14,17-18,32H,2,5-6,15-16H2,1H3,(H,31,34). The van der Waals surface area contributed by atoms with E-state index in [-0.39, 0.29) is 26.9 Å². The molecule has 1 aliphatic heterocycles. The number of piperidine rings is 1. The predicted octanol–water partition coefficient (Wildman–Crippen LogP) is 5.69. The van der Waals surface area contributed by atoms with Crippen LogP contribution in [0.15, 0.2) is 77.2 Å². The maximum Gasteiger partial charge on any atom is 0.266 e. The van der Waals surface area contributed by atoms with Crippen molar-refractivity contribution in [2.24, 2.45) is 0 Å². The third-order valence-electron chi connectivity index (χ3n) is 6.11. The summed E-state index contributed by atoms with van der Waals surface area (Å²) >= 11 is 6.20. The second-order valence-corrected chi connectivity index (χ2v) is 10.8. The number of para-hydroxylation sites is 1. The number of hydrogen-bond acceptors (Lipinski definition) is 6. The highest BCUT2D eigenvalue weighted by Gasteiger charge is 2.25. The van der Waals surface area contributed by atoms with Crippen molar-refractivity contribution in [2.45, 2.75) is 24.2 Å². The summed E-state index contributed by atoms with van der Waals surface area (Å²) in [5.41, 5.74) is 1.55. The number of carbonyl (C=O) groups is 1. The molecular formula is C28H27ClN4O4S. The maximum atomic E-state index is 13.6. The number of nitriles is 1. The summed E-state index contributed by atoms with van der Waals surface area (Å²) < 4.78 is 34.8. The molecule has 0 bridgehead atoms. The number of benzene rings is 3. The minimum absolute atomic E-state index is 0.00904. The van der Waals surface area contributed by atoms with Gasteiger partial charge >= 0.3 is 0 Å². The summed E-state index contributed by atoms with van der Waals surface area (Å²) in [7, 11) is -2.52. The van der Waals surface area contributed by atoms with Gasteiger partial charge in [0.05, 0.1) is 23.5 Å². The number of anilines is 3. The van der Waals surface area contributed by atoms with Crippen molar-refractivity contribution in [1.29, 1.82) is 5.26 Å². The molecule has 1 saturated heterocycles. The van der Waals surface area contributed by atoms with Gasteiger partial charge in [-0.05, 0) is 73.4 Å². The Balaban J connectivity index is 1.66. The highest BCUT2D eigenvalue weighted by molar-refractivity contribution is 7.93. The lowest BCUT2D eigenvalue weighted by molar-refractivity contribution is -0.112. The van der Waals surface area contributed by atoms with Crippen molar-refractivity contribution in [3.63, 3.8) is 0 Å². The molecule has 0 aliphatic carbocycles. The minimum Gasteiger partial charge on any atom is -0.497 e. The first kappa shape index (κ1) is 27.0. The van der Waals surface area contributed by atoms with Crippen molar-refractivity contribution in [1.82, 2.24) is 0 Å². The normalized spacial score (nSPS) is 13.9. The van der Waals surface area contributed by atoms with Crippen LogP contribution in [0.2, 0.25) is 5.02 Å². The van der Waals surface area contributed by atoms with Gasteiger partial charge < -0.3 is 15.0 Å². The lowest BCUT2D eigenvalue weighted by atomic mass is 10.1. The largest absolute Gasteiger partial charge is 0.497 e. The highest BCUT2D eigenvalue weighted by Crippen LogP contribution is 2.33. The minimum atomic E-state index is -4.07. The quantitative estimate of drug-likeness (QED) is 0.275. The van der Waals surface area contributed by atoms with Gasteiger partial charge in [-0.25, -0.2) is 8.42 Å². The SMILES string of the molecule is COc1ccc(C=C(C#N)C(=O)Nc2ccc(N3CCCCC3)c(S(=O)(=O)Nc3ccccc3Cl)c2)cc1. The second-order valence-electron chi connectivity index (χ2n) is 8.71. The van der Waals surface area contributed by atoms with Crippen LogP contribution in [0.5, 0.6) is 5.75 Å². The first-order valence-electron chi connectivity index (χ1n) is 12.0. The van der Waals surface area contributed by atoms with E-state index in [0.29, 0.717) is 17.0 Å². The van der Waals surface area contributed by atoms with Gasteiger partial charge in [-0.15, -0.1) is 0 Å². The van der Waals surface area contributed by atoms with Crippen LogP contribution in [0, 0.1) is 11.3 Å². The van der Waals surface area contributed by atoms with Crippen LogP contribution in [0.1, 0.15) is 24.8 Å². The number of hydrogen-bond donors (Lipinski definition) is 2. The van der Waals surface area contributed by atoms with Gasteiger partial charge in [0, 0.05) is 18.8 Å². The molecule has 1 amide bonds. The zero-order valence-corrected chi connectivity index (χ0v) is 22.3. The maximum absolute atomic E-state index is 13.6. The summed E-state index contributed by atoms with van der Waals surface area (Å²) in [6.45, 7) is 1.45. The van der Waals surface area contributed by atoms with Gasteiger partial charge in [0.25, 0.3) is 15.9 Å². The van der Waals surface area contributed by atoms with Crippen LogP contribution in [-0.2, 0) is 14.8 Å². The fraction of sp³-hybridized carbons (Fsp3) is 0.214. The first-order chi connectivity index (χ1) is 18.3. The molecule has 4 rings (SSSR count). The third-order valence-corrected chi connectivity index (χ3v) is 7.84.